The molecule has 1 aliphatic heterocycles. The lowest BCUT2D eigenvalue weighted by Gasteiger charge is -2.30. The molecule has 10 nitrogen and oxygen atoms in total. The smallest absolute Gasteiger partial charge is 0.416 e. The number of aryl methyl sites for hydroxylation is 1. The molecule has 4 rings (SSSR count). The molecule has 2 N–H and O–H groups in total. The van der Waals surface area contributed by atoms with Crippen molar-refractivity contribution in [2.45, 2.75) is 84.7 Å². The number of carbonyl (C=O) groups excluding carboxylic acids is 2. The molecule has 0 saturated carbocycles. The molecule has 1 saturated heterocycles. The fourth-order valence-electron chi connectivity index (χ4n) is 5.44. The number of aromatic nitrogens is 4. The Bertz CT molecular complexity index is 1470. The summed E-state index contributed by atoms with van der Waals surface area (Å²) in [4.78, 5) is 36.9. The maximum Gasteiger partial charge on any atom is 0.416 e. The number of halogens is 6. The van der Waals surface area contributed by atoms with E-state index in [9.17, 15) is 35.9 Å². The van der Waals surface area contributed by atoms with E-state index in [1.165, 1.54) is 31.1 Å². The zero-order chi connectivity index (χ0) is 36.0. The van der Waals surface area contributed by atoms with Crippen molar-refractivity contribution in [2.75, 3.05) is 24.6 Å². The topological polar surface area (TPSA) is 119 Å². The van der Waals surface area contributed by atoms with Gasteiger partial charge in [-0.3, -0.25) is 9.48 Å². The van der Waals surface area contributed by atoms with Crippen molar-refractivity contribution in [1.29, 1.82) is 0 Å². The molecule has 48 heavy (non-hydrogen) atoms. The van der Waals surface area contributed by atoms with Crippen molar-refractivity contribution in [2.24, 2.45) is 24.1 Å². The van der Waals surface area contributed by atoms with Crippen LogP contribution in [-0.2, 0) is 16.6 Å². The number of nitrogens with two attached hydrogens (primary N) is 1. The molecule has 1 unspecified atom stereocenters. The predicted octanol–water partition coefficient (Wildman–Crippen LogP) is 6.60. The Balaban J connectivity index is 0.00000307. The van der Waals surface area contributed by atoms with Gasteiger partial charge in [-0.2, -0.15) is 31.4 Å². The van der Waals surface area contributed by atoms with E-state index in [1.807, 2.05) is 20.8 Å². The average molecular weight is 688 g/mol. The van der Waals surface area contributed by atoms with Crippen LogP contribution in [0, 0.1) is 11.3 Å². The summed E-state index contributed by atoms with van der Waals surface area (Å²) < 4.78 is 89.4. The number of ether oxygens (including phenoxy) is 1. The molecule has 2 aromatic rings. The predicted molar refractivity (Wildman–Crippen MR) is 167 cm³/mol. The molecule has 0 aromatic carbocycles. The summed E-state index contributed by atoms with van der Waals surface area (Å²) in [6.45, 7) is 8.53. The van der Waals surface area contributed by atoms with Crippen molar-refractivity contribution in [3.63, 3.8) is 0 Å². The highest BCUT2D eigenvalue weighted by Gasteiger charge is 2.44. The Labute approximate surface area is 276 Å². The fraction of sp³-hybridized carbons (Fsp3) is 0.594. The number of primary amides is 1. The summed E-state index contributed by atoms with van der Waals surface area (Å²) in [6, 6.07) is -0.860. The highest BCUT2D eigenvalue weighted by atomic mass is 19.4. The van der Waals surface area contributed by atoms with E-state index in [0.29, 0.717) is 18.4 Å². The highest BCUT2D eigenvalue weighted by molar-refractivity contribution is 5.80. The summed E-state index contributed by atoms with van der Waals surface area (Å²) in [5.74, 6) is -2.78. The van der Waals surface area contributed by atoms with E-state index in [2.05, 4.69) is 15.1 Å². The van der Waals surface area contributed by atoms with Gasteiger partial charge in [0.05, 0.1) is 29.1 Å². The lowest BCUT2D eigenvalue weighted by atomic mass is 9.94. The van der Waals surface area contributed by atoms with E-state index in [-0.39, 0.29) is 49.8 Å². The Kier molecular flexibility index (Phi) is 12.3. The van der Waals surface area contributed by atoms with Crippen LogP contribution < -0.4 is 10.6 Å². The number of carbonyl (C=O) groups is 2. The molecule has 3 heterocycles. The van der Waals surface area contributed by atoms with Crippen LogP contribution in [0.3, 0.4) is 0 Å². The SMILES string of the molecule is CC.CC[C@@H]1C[C@H](N(CC2=CC(C(F)(F)F)=CC(C(F)(F)F)CC2)c2ncc(-c3cnn(C)c3)cn2)CN1C(=O)OCC(C)(C)C(N)=O. The van der Waals surface area contributed by atoms with Crippen molar-refractivity contribution in [3.05, 3.63) is 48.1 Å². The second-order valence-electron chi connectivity index (χ2n) is 12.3. The normalized spacial score (nSPS) is 20.2. The second kappa shape index (κ2) is 15.4. The monoisotopic (exact) mass is 687 g/mol. The summed E-state index contributed by atoms with van der Waals surface area (Å²) in [5, 5.41) is 4.12. The van der Waals surface area contributed by atoms with Gasteiger partial charge < -0.3 is 20.3 Å². The van der Waals surface area contributed by atoms with E-state index in [1.54, 1.807) is 29.0 Å². The Morgan fingerprint density at radius 3 is 2.23 bits per heavy atom. The first-order valence-electron chi connectivity index (χ1n) is 15.7. The van der Waals surface area contributed by atoms with Crippen LogP contribution in [0.5, 0.6) is 0 Å². The quantitative estimate of drug-likeness (QED) is 0.295. The van der Waals surface area contributed by atoms with Gasteiger partial charge in [-0.05, 0) is 45.6 Å². The van der Waals surface area contributed by atoms with Crippen molar-refractivity contribution in [1.82, 2.24) is 24.6 Å². The van der Waals surface area contributed by atoms with Gasteiger partial charge in [-0.1, -0.05) is 32.4 Å². The third kappa shape index (κ3) is 9.49. The van der Waals surface area contributed by atoms with Crippen LogP contribution in [0.15, 0.2) is 48.1 Å². The van der Waals surface area contributed by atoms with Gasteiger partial charge in [0.2, 0.25) is 11.9 Å². The van der Waals surface area contributed by atoms with Crippen molar-refractivity contribution < 1.29 is 40.7 Å². The van der Waals surface area contributed by atoms with Crippen molar-refractivity contribution >= 4 is 17.9 Å². The third-order valence-corrected chi connectivity index (χ3v) is 8.33. The van der Waals surface area contributed by atoms with Crippen LogP contribution in [-0.4, -0.2) is 80.8 Å². The molecule has 16 heteroatoms. The molecule has 0 bridgehead atoms. The first-order chi connectivity index (χ1) is 22.4. The van der Waals surface area contributed by atoms with Crippen LogP contribution >= 0.6 is 0 Å². The third-order valence-electron chi connectivity index (χ3n) is 8.33. The van der Waals surface area contributed by atoms with Gasteiger partial charge in [-0.25, -0.2) is 14.8 Å². The summed E-state index contributed by atoms with van der Waals surface area (Å²) >= 11 is 0. The Hall–Kier alpha value is -4.11. The average Bonchev–Trinajstić information content (AvgIpc) is 3.59. The molecular formula is C32H43F6N7O3. The standard InChI is InChI=1S/C30H37F6N7O3.C2H6/c1-5-23-10-24(16-43(23)27(45)46-17-28(2,3)25(37)44)42(26-38-11-19(12-39-26)20-13-40-41(4)15-20)14-18-6-7-21(29(31,32)33)9-22(8-18)30(34,35)36;1-2/h8-9,11-13,15,21,23-24H,5-7,10,14,16-17H2,1-4H3,(H2,37,44);1-2H3/t21?,23-,24+;/m1./s1. The van der Waals surface area contributed by atoms with E-state index in [4.69, 9.17) is 10.5 Å². The molecular weight excluding hydrogens is 644 g/mol. The van der Waals surface area contributed by atoms with E-state index in [0.717, 1.165) is 11.6 Å². The minimum absolute atomic E-state index is 0.0719. The number of allylic oxidation sites excluding steroid dienone is 3. The second-order valence-corrected chi connectivity index (χ2v) is 12.3. The van der Waals surface area contributed by atoms with Gasteiger partial charge in [0.15, 0.2) is 0 Å². The van der Waals surface area contributed by atoms with Crippen LogP contribution in [0.1, 0.15) is 60.3 Å². The molecule has 0 spiro atoms. The maximum absolute atomic E-state index is 13.9. The number of likely N-dealkylation sites (tertiary alicyclic amines) is 1. The highest BCUT2D eigenvalue weighted by Crippen LogP contribution is 2.40. The summed E-state index contributed by atoms with van der Waals surface area (Å²) in [7, 11) is 1.74. The minimum atomic E-state index is -4.99. The number of amides is 2. The van der Waals surface area contributed by atoms with Gasteiger partial charge in [0.1, 0.15) is 6.61 Å². The van der Waals surface area contributed by atoms with E-state index >= 15 is 0 Å². The minimum Gasteiger partial charge on any atom is -0.448 e. The van der Waals surface area contributed by atoms with Gasteiger partial charge in [-0.15, -0.1) is 0 Å². The van der Waals surface area contributed by atoms with Gasteiger partial charge in [0.25, 0.3) is 0 Å². The molecule has 0 radical (unpaired) electrons. The molecule has 266 valence electrons. The lowest BCUT2D eigenvalue weighted by molar-refractivity contribution is -0.163. The molecule has 2 aromatic heterocycles. The number of alkyl halides is 6. The van der Waals surface area contributed by atoms with E-state index < -0.39 is 53.7 Å². The Morgan fingerprint density at radius 2 is 1.71 bits per heavy atom. The summed E-state index contributed by atoms with van der Waals surface area (Å²) in [6.07, 6.45) is -3.03. The molecule has 1 aliphatic carbocycles. The zero-order valence-electron chi connectivity index (χ0n) is 27.9. The first kappa shape index (κ1) is 38.3. The van der Waals surface area contributed by atoms with Gasteiger partial charge >= 0.3 is 18.4 Å². The first-order valence-corrected chi connectivity index (χ1v) is 15.7. The Morgan fingerprint density at radius 1 is 1.06 bits per heavy atom. The van der Waals surface area contributed by atoms with Crippen molar-refractivity contribution in [3.8, 4) is 11.1 Å². The number of rotatable bonds is 9. The molecule has 1 fully saturated rings. The largest absolute Gasteiger partial charge is 0.448 e. The number of anilines is 1. The van der Waals surface area contributed by atoms with Crippen LogP contribution in [0.2, 0.25) is 0 Å². The number of hydrogen-bond acceptors (Lipinski definition) is 7. The van der Waals surface area contributed by atoms with Crippen LogP contribution in [0.4, 0.5) is 37.1 Å². The number of nitrogens with zero attached hydrogens (tertiary/aromatic N) is 6. The van der Waals surface area contributed by atoms with Gasteiger partial charge in [0, 0.05) is 55.9 Å². The van der Waals surface area contributed by atoms with Crippen LogP contribution in [0.25, 0.3) is 11.1 Å². The molecule has 2 amide bonds. The molecule has 2 aliphatic rings. The number of hydrogen-bond donors (Lipinski definition) is 1. The lowest BCUT2D eigenvalue weighted by Crippen LogP contribution is -2.43. The maximum atomic E-state index is 13.9. The summed E-state index contributed by atoms with van der Waals surface area (Å²) in [5.41, 5.74) is 4.39. The zero-order valence-corrected chi connectivity index (χ0v) is 27.9. The fourth-order valence-corrected chi connectivity index (χ4v) is 5.44. The molecule has 3 atom stereocenters.